The minimum Gasteiger partial charge on any atom is -0.497 e. The van der Waals surface area contributed by atoms with E-state index in [1.807, 2.05) is 36.4 Å². The third-order valence-electron chi connectivity index (χ3n) is 4.65. The predicted molar refractivity (Wildman–Crippen MR) is 117 cm³/mol. The van der Waals surface area contributed by atoms with E-state index in [0.717, 1.165) is 22.1 Å². The Morgan fingerprint density at radius 3 is 2.58 bits per heavy atom. The Kier molecular flexibility index (Phi) is 6.03. The molecule has 1 N–H and O–H groups in total. The number of anilines is 1. The van der Waals surface area contributed by atoms with Crippen molar-refractivity contribution in [3.8, 4) is 17.2 Å². The van der Waals surface area contributed by atoms with Gasteiger partial charge in [0.1, 0.15) is 19.0 Å². The van der Waals surface area contributed by atoms with Crippen LogP contribution in [0.3, 0.4) is 0 Å². The lowest BCUT2D eigenvalue weighted by Gasteiger charge is -2.18. The summed E-state index contributed by atoms with van der Waals surface area (Å²) < 4.78 is 21.2. The van der Waals surface area contributed by atoms with Crippen LogP contribution in [-0.4, -0.2) is 38.8 Å². The molecule has 7 heteroatoms. The average Bonchev–Trinajstić information content (AvgIpc) is 2.80. The summed E-state index contributed by atoms with van der Waals surface area (Å²) in [5.74, 6) is 0.936. The molecule has 1 aliphatic rings. The maximum atomic E-state index is 12.1. The molecular weight excluding hydrogens is 398 g/mol. The van der Waals surface area contributed by atoms with Crippen LogP contribution in [0, 0.1) is 0 Å². The van der Waals surface area contributed by atoms with Gasteiger partial charge >= 0.3 is 5.97 Å². The van der Waals surface area contributed by atoms with Crippen LogP contribution >= 0.6 is 0 Å². The Bertz CT molecular complexity index is 1150. The molecule has 4 rings (SSSR count). The standard InChI is InChI=1S/C24H21NO6/c1-28-20-7-5-17-12-16(2-4-18(17)13-20)3-9-24(27)31-15-23(26)25-19-6-8-21-22(14-19)30-11-10-29-21/h2-9,12-14H,10-11,15H2,1H3,(H,25,26)/b9-3+. The largest absolute Gasteiger partial charge is 0.497 e. The Morgan fingerprint density at radius 1 is 0.968 bits per heavy atom. The summed E-state index contributed by atoms with van der Waals surface area (Å²) in [7, 11) is 1.63. The molecular formula is C24H21NO6. The van der Waals surface area contributed by atoms with Crippen molar-refractivity contribution in [3.63, 3.8) is 0 Å². The van der Waals surface area contributed by atoms with Crippen molar-refractivity contribution in [3.05, 3.63) is 66.2 Å². The van der Waals surface area contributed by atoms with Gasteiger partial charge in [-0.2, -0.15) is 0 Å². The minimum atomic E-state index is -0.604. The molecule has 0 saturated carbocycles. The SMILES string of the molecule is COc1ccc2cc(/C=C/C(=O)OCC(=O)Nc3ccc4c(c3)OCCO4)ccc2c1. The van der Waals surface area contributed by atoms with Crippen molar-refractivity contribution in [2.24, 2.45) is 0 Å². The predicted octanol–water partition coefficient (Wildman–Crippen LogP) is 3.81. The highest BCUT2D eigenvalue weighted by molar-refractivity contribution is 5.95. The van der Waals surface area contributed by atoms with E-state index < -0.39 is 18.5 Å². The highest BCUT2D eigenvalue weighted by atomic mass is 16.6. The van der Waals surface area contributed by atoms with Gasteiger partial charge in [0.25, 0.3) is 5.91 Å². The smallest absolute Gasteiger partial charge is 0.331 e. The second kappa shape index (κ2) is 9.21. The second-order valence-electron chi connectivity index (χ2n) is 6.82. The van der Waals surface area contributed by atoms with Gasteiger partial charge in [-0.1, -0.05) is 18.2 Å². The van der Waals surface area contributed by atoms with Crippen LogP contribution in [0.5, 0.6) is 17.2 Å². The lowest BCUT2D eigenvalue weighted by molar-refractivity contribution is -0.142. The van der Waals surface area contributed by atoms with E-state index in [9.17, 15) is 9.59 Å². The van der Waals surface area contributed by atoms with Crippen molar-refractivity contribution in [1.82, 2.24) is 0 Å². The zero-order valence-corrected chi connectivity index (χ0v) is 16.9. The minimum absolute atomic E-state index is 0.394. The molecule has 0 unspecified atom stereocenters. The number of rotatable bonds is 6. The van der Waals surface area contributed by atoms with E-state index in [0.29, 0.717) is 30.4 Å². The molecule has 0 spiro atoms. The quantitative estimate of drug-likeness (QED) is 0.483. The van der Waals surface area contributed by atoms with Crippen molar-refractivity contribution < 1.29 is 28.5 Å². The third kappa shape index (κ3) is 5.14. The number of hydrogen-bond donors (Lipinski definition) is 1. The number of esters is 1. The van der Waals surface area contributed by atoms with E-state index in [1.165, 1.54) is 6.08 Å². The molecule has 3 aromatic rings. The highest BCUT2D eigenvalue weighted by Gasteiger charge is 2.13. The van der Waals surface area contributed by atoms with Gasteiger partial charge in [-0.05, 0) is 52.7 Å². The fraction of sp³-hybridized carbons (Fsp3) is 0.167. The van der Waals surface area contributed by atoms with Crippen molar-refractivity contribution >= 4 is 34.4 Å². The first-order valence-corrected chi connectivity index (χ1v) is 9.73. The summed E-state index contributed by atoms with van der Waals surface area (Å²) in [4.78, 5) is 24.0. The highest BCUT2D eigenvalue weighted by Crippen LogP contribution is 2.32. The molecule has 1 amide bonds. The van der Waals surface area contributed by atoms with Gasteiger partial charge in [0.2, 0.25) is 0 Å². The van der Waals surface area contributed by atoms with Crippen molar-refractivity contribution in [1.29, 1.82) is 0 Å². The maximum absolute atomic E-state index is 12.1. The molecule has 0 radical (unpaired) electrons. The Balaban J connectivity index is 1.30. The summed E-state index contributed by atoms with van der Waals surface area (Å²) in [6.07, 6.45) is 2.94. The number of amides is 1. The normalized spacial score (nSPS) is 12.5. The molecule has 158 valence electrons. The topological polar surface area (TPSA) is 83.1 Å². The number of ether oxygens (including phenoxy) is 4. The van der Waals surface area contributed by atoms with E-state index in [2.05, 4.69) is 5.32 Å². The average molecular weight is 419 g/mol. The molecule has 0 atom stereocenters. The van der Waals surface area contributed by atoms with E-state index in [-0.39, 0.29) is 0 Å². The van der Waals surface area contributed by atoms with E-state index in [1.54, 1.807) is 31.4 Å². The molecule has 0 fully saturated rings. The Hall–Kier alpha value is -4.00. The van der Waals surface area contributed by atoms with Gasteiger partial charge in [0.05, 0.1) is 7.11 Å². The molecule has 0 aliphatic carbocycles. The number of benzene rings is 3. The summed E-state index contributed by atoms with van der Waals surface area (Å²) in [6.45, 7) is 0.561. The number of fused-ring (bicyclic) bond motifs is 2. The number of carbonyl (C=O) groups is 2. The summed E-state index contributed by atoms with van der Waals surface area (Å²) in [5, 5.41) is 4.72. The van der Waals surface area contributed by atoms with E-state index in [4.69, 9.17) is 18.9 Å². The number of methoxy groups -OCH3 is 1. The lowest BCUT2D eigenvalue weighted by Crippen LogP contribution is -2.20. The van der Waals surface area contributed by atoms with Gasteiger partial charge < -0.3 is 24.3 Å². The first-order chi connectivity index (χ1) is 15.1. The first kappa shape index (κ1) is 20.3. The lowest BCUT2D eigenvalue weighted by atomic mass is 10.1. The van der Waals surface area contributed by atoms with Crippen LogP contribution in [0.15, 0.2) is 60.7 Å². The van der Waals surface area contributed by atoms with Crippen LogP contribution in [0.4, 0.5) is 5.69 Å². The molecule has 3 aromatic carbocycles. The molecule has 0 aromatic heterocycles. The van der Waals surface area contributed by atoms with Gasteiger partial charge in [-0.25, -0.2) is 4.79 Å². The monoisotopic (exact) mass is 419 g/mol. The second-order valence-corrected chi connectivity index (χ2v) is 6.82. The summed E-state index contributed by atoms with van der Waals surface area (Å²) in [5.41, 5.74) is 1.38. The van der Waals surface area contributed by atoms with Crippen LogP contribution < -0.4 is 19.5 Å². The number of nitrogens with one attached hydrogen (secondary N) is 1. The fourth-order valence-electron chi connectivity index (χ4n) is 3.14. The summed E-state index contributed by atoms with van der Waals surface area (Å²) >= 11 is 0. The van der Waals surface area contributed by atoms with Crippen LogP contribution in [-0.2, 0) is 14.3 Å². The maximum Gasteiger partial charge on any atom is 0.331 e. The van der Waals surface area contributed by atoms with Gasteiger partial charge in [0, 0.05) is 17.8 Å². The molecule has 0 bridgehead atoms. The number of carbonyl (C=O) groups excluding carboxylic acids is 2. The van der Waals surface area contributed by atoms with Crippen LogP contribution in [0.1, 0.15) is 5.56 Å². The van der Waals surface area contributed by atoms with Crippen LogP contribution in [0.25, 0.3) is 16.8 Å². The molecule has 0 saturated heterocycles. The third-order valence-corrected chi connectivity index (χ3v) is 4.65. The zero-order valence-electron chi connectivity index (χ0n) is 16.9. The van der Waals surface area contributed by atoms with E-state index >= 15 is 0 Å². The number of hydrogen-bond acceptors (Lipinski definition) is 6. The first-order valence-electron chi connectivity index (χ1n) is 9.73. The van der Waals surface area contributed by atoms with Gasteiger partial charge in [-0.3, -0.25) is 4.79 Å². The molecule has 1 aliphatic heterocycles. The molecule has 7 nitrogen and oxygen atoms in total. The van der Waals surface area contributed by atoms with Crippen LogP contribution in [0.2, 0.25) is 0 Å². The van der Waals surface area contributed by atoms with Crippen molar-refractivity contribution in [2.45, 2.75) is 0 Å². The van der Waals surface area contributed by atoms with Gasteiger partial charge in [-0.15, -0.1) is 0 Å². The molecule has 1 heterocycles. The Labute approximate surface area is 179 Å². The van der Waals surface area contributed by atoms with Gasteiger partial charge in [0.15, 0.2) is 18.1 Å². The van der Waals surface area contributed by atoms with Crippen molar-refractivity contribution in [2.75, 3.05) is 32.2 Å². The Morgan fingerprint density at radius 2 is 1.74 bits per heavy atom. The molecule has 31 heavy (non-hydrogen) atoms. The fourth-order valence-corrected chi connectivity index (χ4v) is 3.14. The zero-order chi connectivity index (χ0) is 21.6. The summed E-state index contributed by atoms with van der Waals surface area (Å²) in [6, 6.07) is 16.6.